The fraction of sp³-hybridized carbons (Fsp3) is 0.939. The van der Waals surface area contributed by atoms with Gasteiger partial charge < -0.3 is 63.1 Å². The van der Waals surface area contributed by atoms with Crippen LogP contribution in [0.4, 0.5) is 0 Å². The van der Waals surface area contributed by atoms with Crippen molar-refractivity contribution in [2.75, 3.05) is 145 Å². The third kappa shape index (κ3) is 21.2. The molecule has 0 spiro atoms. The molecule has 276 valence electrons. The van der Waals surface area contributed by atoms with Crippen LogP contribution in [0.1, 0.15) is 40.0 Å². The molecule has 0 aliphatic heterocycles. The average molecular weight is 671 g/mol. The maximum Gasteiger partial charge on any atom is 0.0701 e. The monoisotopic (exact) mass is 670 g/mol. The molecule has 0 amide bonds. The molecule has 0 aliphatic carbocycles. The first-order chi connectivity index (χ1) is 22.4. The second-order valence-corrected chi connectivity index (χ2v) is 11.7. The second-order valence-electron chi connectivity index (χ2n) is 11.7. The van der Waals surface area contributed by atoms with E-state index in [4.69, 9.17) is 52.8 Å². The maximum atomic E-state index is 10.3. The van der Waals surface area contributed by atoms with E-state index in [0.29, 0.717) is 132 Å². The van der Waals surface area contributed by atoms with Crippen LogP contribution >= 0.6 is 0 Å². The van der Waals surface area contributed by atoms with Gasteiger partial charge in [-0.3, -0.25) is 0 Å². The van der Waals surface area contributed by atoms with E-state index in [1.807, 2.05) is 13.8 Å². The molecule has 0 fully saturated rings. The summed E-state index contributed by atoms with van der Waals surface area (Å²) in [6, 6.07) is 0. The minimum atomic E-state index is -0.561. The Morgan fingerprint density at radius 1 is 0.413 bits per heavy atom. The van der Waals surface area contributed by atoms with E-state index in [1.165, 1.54) is 0 Å². The summed E-state index contributed by atoms with van der Waals surface area (Å²) >= 11 is 0. The number of aliphatic hydroxyl groups is 4. The predicted molar refractivity (Wildman–Crippen MR) is 174 cm³/mol. The Labute approximate surface area is 277 Å². The molecule has 0 radical (unpaired) electrons. The van der Waals surface area contributed by atoms with E-state index >= 15 is 0 Å². The zero-order valence-corrected chi connectivity index (χ0v) is 28.9. The van der Waals surface area contributed by atoms with Crippen molar-refractivity contribution in [3.63, 3.8) is 0 Å². The van der Waals surface area contributed by atoms with Crippen molar-refractivity contribution in [3.8, 4) is 0 Å². The smallest absolute Gasteiger partial charge is 0.0701 e. The van der Waals surface area contributed by atoms with Crippen molar-refractivity contribution < 1.29 is 63.1 Å². The molecular formula is C33H66O13. The lowest BCUT2D eigenvalue weighted by Crippen LogP contribution is -2.42. The normalized spacial score (nSPS) is 15.8. The van der Waals surface area contributed by atoms with Crippen molar-refractivity contribution in [1.29, 1.82) is 0 Å². The first-order valence-corrected chi connectivity index (χ1v) is 16.6. The number of aliphatic hydroxyl groups excluding tert-OH is 4. The highest BCUT2D eigenvalue weighted by Gasteiger charge is 2.35. The highest BCUT2D eigenvalue weighted by molar-refractivity contribution is 4.83. The van der Waals surface area contributed by atoms with Gasteiger partial charge in [-0.15, -0.1) is 6.58 Å². The summed E-state index contributed by atoms with van der Waals surface area (Å²) in [5, 5.41) is 38.0. The van der Waals surface area contributed by atoms with Gasteiger partial charge >= 0.3 is 0 Å². The van der Waals surface area contributed by atoms with Crippen molar-refractivity contribution in [3.05, 3.63) is 12.7 Å². The van der Waals surface area contributed by atoms with Crippen LogP contribution in [0.3, 0.4) is 0 Å². The summed E-state index contributed by atoms with van der Waals surface area (Å²) in [7, 11) is 0. The van der Waals surface area contributed by atoms with Gasteiger partial charge in [0.2, 0.25) is 0 Å². The molecule has 0 rings (SSSR count). The summed E-state index contributed by atoms with van der Waals surface area (Å²) in [6.45, 7) is 16.2. The van der Waals surface area contributed by atoms with Crippen LogP contribution in [0.5, 0.6) is 0 Å². The Hall–Kier alpha value is -0.780. The zero-order valence-electron chi connectivity index (χ0n) is 28.9. The Kier molecular flexibility index (Phi) is 29.8. The minimum Gasteiger partial charge on any atom is -0.396 e. The molecule has 46 heavy (non-hydrogen) atoms. The van der Waals surface area contributed by atoms with E-state index in [9.17, 15) is 10.2 Å². The lowest BCUT2D eigenvalue weighted by molar-refractivity contribution is -0.121. The molecule has 0 saturated heterocycles. The van der Waals surface area contributed by atoms with E-state index in [0.717, 1.165) is 6.42 Å². The Balaban J connectivity index is 4.92. The van der Waals surface area contributed by atoms with Crippen LogP contribution < -0.4 is 0 Å². The number of ether oxygens (including phenoxy) is 9. The lowest BCUT2D eigenvalue weighted by Gasteiger charge is -2.37. The van der Waals surface area contributed by atoms with Crippen molar-refractivity contribution in [2.24, 2.45) is 16.2 Å². The van der Waals surface area contributed by atoms with Crippen LogP contribution in [-0.4, -0.2) is 166 Å². The van der Waals surface area contributed by atoms with Crippen LogP contribution in [0.15, 0.2) is 12.7 Å². The largest absolute Gasteiger partial charge is 0.396 e. The van der Waals surface area contributed by atoms with Crippen LogP contribution in [0.2, 0.25) is 0 Å². The number of hydrogen-bond donors (Lipinski definition) is 4. The lowest BCUT2D eigenvalue weighted by atomic mass is 9.85. The maximum absolute atomic E-state index is 10.3. The van der Waals surface area contributed by atoms with Gasteiger partial charge in [-0.25, -0.2) is 0 Å². The first-order valence-electron chi connectivity index (χ1n) is 16.6. The van der Waals surface area contributed by atoms with Gasteiger partial charge in [-0.1, -0.05) is 26.8 Å². The molecule has 0 aromatic carbocycles. The highest BCUT2D eigenvalue weighted by Crippen LogP contribution is 2.29. The summed E-state index contributed by atoms with van der Waals surface area (Å²) in [5.74, 6) is 0. The Bertz CT molecular complexity index is 615. The third-order valence-electron chi connectivity index (χ3n) is 7.97. The summed E-state index contributed by atoms with van der Waals surface area (Å²) in [4.78, 5) is 0. The Morgan fingerprint density at radius 2 is 0.717 bits per heavy atom. The number of rotatable bonds is 37. The molecule has 0 bridgehead atoms. The molecule has 0 saturated carbocycles. The molecular weight excluding hydrogens is 604 g/mol. The van der Waals surface area contributed by atoms with Gasteiger partial charge in [-0.2, -0.15) is 0 Å². The summed E-state index contributed by atoms with van der Waals surface area (Å²) < 4.78 is 51.4. The Morgan fingerprint density at radius 3 is 1.04 bits per heavy atom. The third-order valence-corrected chi connectivity index (χ3v) is 7.97. The molecule has 2 unspecified atom stereocenters. The van der Waals surface area contributed by atoms with Gasteiger partial charge in [-0.05, 0) is 19.3 Å². The second kappa shape index (κ2) is 30.3. The molecule has 13 heteroatoms. The fourth-order valence-electron chi connectivity index (χ4n) is 4.24. The topological polar surface area (TPSA) is 164 Å². The quantitative estimate of drug-likeness (QED) is 0.0556. The first kappa shape index (κ1) is 45.2. The van der Waals surface area contributed by atoms with Gasteiger partial charge in [0.25, 0.3) is 0 Å². The molecule has 13 nitrogen and oxygen atoms in total. The molecule has 0 aromatic rings. The van der Waals surface area contributed by atoms with E-state index in [-0.39, 0.29) is 26.4 Å². The molecule has 2 atom stereocenters. The molecule has 4 N–H and O–H groups in total. The molecule has 0 aromatic heterocycles. The van der Waals surface area contributed by atoms with E-state index in [2.05, 4.69) is 13.5 Å². The van der Waals surface area contributed by atoms with Crippen LogP contribution in [-0.2, 0) is 42.6 Å². The molecule has 0 heterocycles. The average Bonchev–Trinajstić information content (AvgIpc) is 3.08. The van der Waals surface area contributed by atoms with Crippen LogP contribution in [0.25, 0.3) is 0 Å². The SMILES string of the molecule is C=CCOCC(CC)(COCC(CC)(CO)COCCOCCOCCO)COCC(CC)(CO)COCCOCCOCCO. The van der Waals surface area contributed by atoms with E-state index < -0.39 is 16.2 Å². The fourth-order valence-corrected chi connectivity index (χ4v) is 4.24. The van der Waals surface area contributed by atoms with Gasteiger partial charge in [0.05, 0.1) is 145 Å². The highest BCUT2D eigenvalue weighted by atomic mass is 16.6. The number of hydrogen-bond acceptors (Lipinski definition) is 13. The zero-order chi connectivity index (χ0) is 34.2. The van der Waals surface area contributed by atoms with Gasteiger partial charge in [0, 0.05) is 16.2 Å². The summed E-state index contributed by atoms with van der Waals surface area (Å²) in [6.07, 6.45) is 3.77. The van der Waals surface area contributed by atoms with Crippen molar-refractivity contribution in [1.82, 2.24) is 0 Å². The van der Waals surface area contributed by atoms with Crippen LogP contribution in [0, 0.1) is 16.2 Å². The van der Waals surface area contributed by atoms with Gasteiger partial charge in [0.1, 0.15) is 0 Å². The summed E-state index contributed by atoms with van der Waals surface area (Å²) in [5.41, 5.74) is -1.57. The molecule has 0 aliphatic rings. The van der Waals surface area contributed by atoms with Gasteiger partial charge in [0.15, 0.2) is 0 Å². The predicted octanol–water partition coefficient (Wildman–Crippen LogP) is 1.48. The van der Waals surface area contributed by atoms with Crippen molar-refractivity contribution >= 4 is 0 Å². The van der Waals surface area contributed by atoms with Crippen molar-refractivity contribution in [2.45, 2.75) is 40.0 Å². The van der Waals surface area contributed by atoms with E-state index in [1.54, 1.807) is 6.08 Å². The minimum absolute atomic E-state index is 0.0128. The standard InChI is InChI=1S/C33H66O13/c1-5-11-42-28-33(8-4,29-45-26-31(6-2,22-36)24-43-20-18-40-16-14-38-12-9-34)30-46-27-32(7-3,23-37)25-44-21-19-41-17-15-39-13-10-35/h5,34-37H,1,6-30H2,2-4H3.